The first-order chi connectivity index (χ1) is 13.9. The molecule has 0 bridgehead atoms. The lowest BCUT2D eigenvalue weighted by molar-refractivity contribution is -0.119. The van der Waals surface area contributed by atoms with Gasteiger partial charge in [-0.15, -0.1) is 11.3 Å². The maximum absolute atomic E-state index is 13.5. The Bertz CT molecular complexity index is 1080. The van der Waals surface area contributed by atoms with E-state index in [1.807, 2.05) is 26.0 Å². The van der Waals surface area contributed by atoms with E-state index in [0.29, 0.717) is 23.4 Å². The number of nitrogens with one attached hydrogen (secondary N) is 1. The third-order valence-electron chi connectivity index (χ3n) is 5.06. The Morgan fingerprint density at radius 3 is 3.03 bits per heavy atom. The molecule has 0 fully saturated rings. The Kier molecular flexibility index (Phi) is 5.83. The SMILES string of the molecule is CC1CCc2c(sc3nc(SCC(=O)NC(C)C)n(Cc4ccco4)c(=O)c23)C1. The van der Waals surface area contributed by atoms with Gasteiger partial charge in [0.2, 0.25) is 5.91 Å². The van der Waals surface area contributed by atoms with Gasteiger partial charge in [0.05, 0.1) is 23.9 Å². The van der Waals surface area contributed by atoms with Gasteiger partial charge >= 0.3 is 0 Å². The fourth-order valence-electron chi connectivity index (χ4n) is 3.71. The topological polar surface area (TPSA) is 77.1 Å². The highest BCUT2D eigenvalue weighted by atomic mass is 32.2. The van der Waals surface area contributed by atoms with Gasteiger partial charge < -0.3 is 9.73 Å². The molecule has 1 unspecified atom stereocenters. The van der Waals surface area contributed by atoms with Crippen molar-refractivity contribution in [1.29, 1.82) is 0 Å². The van der Waals surface area contributed by atoms with Gasteiger partial charge in [-0.3, -0.25) is 14.2 Å². The Labute approximate surface area is 177 Å². The number of amides is 1. The summed E-state index contributed by atoms with van der Waals surface area (Å²) in [6.07, 6.45) is 4.64. The van der Waals surface area contributed by atoms with Crippen LogP contribution in [0.2, 0.25) is 0 Å². The number of thiophene rings is 1. The van der Waals surface area contributed by atoms with Crippen LogP contribution < -0.4 is 10.9 Å². The number of hydrogen-bond donors (Lipinski definition) is 1. The number of carbonyl (C=O) groups is 1. The van der Waals surface area contributed by atoms with Crippen LogP contribution in [0, 0.1) is 5.92 Å². The number of aromatic nitrogens is 2. The molecule has 0 saturated heterocycles. The minimum atomic E-state index is -0.0665. The number of hydrogen-bond acceptors (Lipinski definition) is 6. The normalized spacial score (nSPS) is 16.3. The van der Waals surface area contributed by atoms with E-state index in [0.717, 1.165) is 29.5 Å². The Hall–Kier alpha value is -2.06. The summed E-state index contributed by atoms with van der Waals surface area (Å²) in [6.45, 7) is 6.42. The maximum atomic E-state index is 13.5. The average molecular weight is 432 g/mol. The molecule has 1 atom stereocenters. The highest BCUT2D eigenvalue weighted by molar-refractivity contribution is 7.99. The summed E-state index contributed by atoms with van der Waals surface area (Å²) >= 11 is 2.93. The van der Waals surface area contributed by atoms with E-state index >= 15 is 0 Å². The second-order valence-electron chi connectivity index (χ2n) is 7.91. The highest BCUT2D eigenvalue weighted by Gasteiger charge is 2.25. The lowest BCUT2D eigenvalue weighted by Crippen LogP contribution is -2.32. The van der Waals surface area contributed by atoms with Crippen molar-refractivity contribution in [3.8, 4) is 0 Å². The molecular weight excluding hydrogens is 406 g/mol. The molecule has 8 heteroatoms. The Morgan fingerprint density at radius 2 is 2.31 bits per heavy atom. The van der Waals surface area contributed by atoms with Crippen molar-refractivity contribution in [3.05, 3.63) is 45.0 Å². The molecule has 0 spiro atoms. The van der Waals surface area contributed by atoms with Crippen molar-refractivity contribution in [3.63, 3.8) is 0 Å². The largest absolute Gasteiger partial charge is 0.467 e. The standard InChI is InChI=1S/C21H25N3O3S2/c1-12(2)22-17(25)11-28-21-23-19-18(15-7-6-13(3)9-16(15)29-19)20(26)24(21)10-14-5-4-8-27-14/h4-5,8,12-13H,6-7,9-11H2,1-3H3,(H,22,25). The molecule has 3 aromatic heterocycles. The van der Waals surface area contributed by atoms with Crippen LogP contribution in [0.3, 0.4) is 0 Å². The molecule has 3 heterocycles. The lowest BCUT2D eigenvalue weighted by atomic mass is 9.89. The smallest absolute Gasteiger partial charge is 0.263 e. The van der Waals surface area contributed by atoms with E-state index in [-0.39, 0.29) is 23.3 Å². The number of nitrogens with zero attached hydrogens (tertiary/aromatic N) is 2. The van der Waals surface area contributed by atoms with E-state index in [2.05, 4.69) is 12.2 Å². The van der Waals surface area contributed by atoms with Gasteiger partial charge in [0.15, 0.2) is 5.16 Å². The third-order valence-corrected chi connectivity index (χ3v) is 7.18. The molecule has 0 saturated carbocycles. The molecule has 0 aliphatic heterocycles. The van der Waals surface area contributed by atoms with Crippen molar-refractivity contribution in [2.45, 2.75) is 57.8 Å². The monoisotopic (exact) mass is 431 g/mol. The number of aryl methyl sites for hydroxylation is 1. The van der Waals surface area contributed by atoms with Gasteiger partial charge in [-0.1, -0.05) is 18.7 Å². The summed E-state index contributed by atoms with van der Waals surface area (Å²) in [6, 6.07) is 3.74. The van der Waals surface area contributed by atoms with Gasteiger partial charge in [0, 0.05) is 10.9 Å². The molecule has 29 heavy (non-hydrogen) atoms. The average Bonchev–Trinajstić information content (AvgIpc) is 3.28. The molecule has 3 aromatic rings. The van der Waals surface area contributed by atoms with Gasteiger partial charge in [-0.2, -0.15) is 0 Å². The summed E-state index contributed by atoms with van der Waals surface area (Å²) in [4.78, 5) is 32.5. The van der Waals surface area contributed by atoms with Gasteiger partial charge in [0.25, 0.3) is 5.56 Å². The number of rotatable bonds is 6. The van der Waals surface area contributed by atoms with Crippen molar-refractivity contribution in [2.75, 3.05) is 5.75 Å². The van der Waals surface area contributed by atoms with Crippen molar-refractivity contribution in [2.24, 2.45) is 5.92 Å². The number of furan rings is 1. The quantitative estimate of drug-likeness (QED) is 0.474. The van der Waals surface area contributed by atoms with E-state index in [9.17, 15) is 9.59 Å². The van der Waals surface area contributed by atoms with E-state index < -0.39 is 0 Å². The lowest BCUT2D eigenvalue weighted by Gasteiger charge is -2.17. The third kappa shape index (κ3) is 4.28. The zero-order valence-electron chi connectivity index (χ0n) is 16.9. The Morgan fingerprint density at radius 1 is 1.48 bits per heavy atom. The molecule has 1 N–H and O–H groups in total. The number of carbonyl (C=O) groups excluding carboxylic acids is 1. The van der Waals surface area contributed by atoms with Gasteiger partial charge in [0.1, 0.15) is 10.6 Å². The van der Waals surface area contributed by atoms with Gasteiger partial charge in [-0.05, 0) is 56.7 Å². The fraction of sp³-hybridized carbons (Fsp3) is 0.476. The summed E-state index contributed by atoms with van der Waals surface area (Å²) in [5.74, 6) is 1.48. The molecule has 4 rings (SSSR count). The van der Waals surface area contributed by atoms with E-state index in [4.69, 9.17) is 9.40 Å². The van der Waals surface area contributed by atoms with Crippen LogP contribution in [0.1, 0.15) is 43.4 Å². The predicted molar refractivity (Wildman–Crippen MR) is 117 cm³/mol. The molecule has 1 amide bonds. The van der Waals surface area contributed by atoms with Crippen LogP contribution in [0.25, 0.3) is 10.2 Å². The summed E-state index contributed by atoms with van der Waals surface area (Å²) in [5, 5.41) is 4.19. The summed E-state index contributed by atoms with van der Waals surface area (Å²) in [5.41, 5.74) is 1.13. The maximum Gasteiger partial charge on any atom is 0.263 e. The molecule has 154 valence electrons. The first kappa shape index (κ1) is 20.2. The van der Waals surface area contributed by atoms with Crippen LogP contribution in [0.5, 0.6) is 0 Å². The minimum Gasteiger partial charge on any atom is -0.467 e. The van der Waals surface area contributed by atoms with Crippen LogP contribution in [-0.4, -0.2) is 27.3 Å². The molecule has 6 nitrogen and oxygen atoms in total. The van der Waals surface area contributed by atoms with E-state index in [1.54, 1.807) is 22.2 Å². The first-order valence-electron chi connectivity index (χ1n) is 9.92. The molecule has 0 aromatic carbocycles. The van der Waals surface area contributed by atoms with Gasteiger partial charge in [-0.25, -0.2) is 4.98 Å². The van der Waals surface area contributed by atoms with Crippen LogP contribution in [0.4, 0.5) is 0 Å². The molecule has 1 aliphatic carbocycles. The zero-order chi connectivity index (χ0) is 20.5. The van der Waals surface area contributed by atoms with Crippen molar-refractivity contribution < 1.29 is 9.21 Å². The first-order valence-corrected chi connectivity index (χ1v) is 11.7. The minimum absolute atomic E-state index is 0.0368. The molecule has 0 radical (unpaired) electrons. The fourth-order valence-corrected chi connectivity index (χ4v) is 5.94. The summed E-state index contributed by atoms with van der Waals surface area (Å²) in [7, 11) is 0. The van der Waals surface area contributed by atoms with Crippen LogP contribution in [-0.2, 0) is 24.2 Å². The van der Waals surface area contributed by atoms with Crippen molar-refractivity contribution >= 4 is 39.2 Å². The number of thioether (sulfide) groups is 1. The van der Waals surface area contributed by atoms with Crippen LogP contribution >= 0.6 is 23.1 Å². The van der Waals surface area contributed by atoms with Crippen molar-refractivity contribution in [1.82, 2.24) is 14.9 Å². The number of fused-ring (bicyclic) bond motifs is 3. The molecular formula is C21H25N3O3S2. The summed E-state index contributed by atoms with van der Waals surface area (Å²) < 4.78 is 7.12. The van der Waals surface area contributed by atoms with E-state index in [1.165, 1.54) is 22.2 Å². The second kappa shape index (κ2) is 8.36. The second-order valence-corrected chi connectivity index (χ2v) is 9.93. The predicted octanol–water partition coefficient (Wildman–Crippen LogP) is 3.84. The van der Waals surface area contributed by atoms with Crippen LogP contribution in [0.15, 0.2) is 32.8 Å². The Balaban J connectivity index is 1.75. The highest BCUT2D eigenvalue weighted by Crippen LogP contribution is 2.36. The molecule has 1 aliphatic rings. The zero-order valence-corrected chi connectivity index (χ0v) is 18.5.